The van der Waals surface area contributed by atoms with E-state index >= 15 is 0 Å². The van der Waals surface area contributed by atoms with Crippen LogP contribution in [0.1, 0.15) is 23.2 Å². The van der Waals surface area contributed by atoms with E-state index in [0.29, 0.717) is 22.5 Å². The molecule has 0 atom stereocenters. The van der Waals surface area contributed by atoms with Crippen molar-refractivity contribution >= 4 is 34.2 Å². The van der Waals surface area contributed by atoms with E-state index in [9.17, 15) is 4.79 Å². The Balaban J connectivity index is 1.79. The number of hydrogen-bond acceptors (Lipinski definition) is 5. The van der Waals surface area contributed by atoms with Crippen molar-refractivity contribution in [3.8, 4) is 17.0 Å². The van der Waals surface area contributed by atoms with Crippen LogP contribution < -0.4 is 15.5 Å². The van der Waals surface area contributed by atoms with Crippen molar-refractivity contribution in [1.82, 2.24) is 15.4 Å². The molecule has 0 saturated heterocycles. The first-order valence-corrected chi connectivity index (χ1v) is 8.94. The van der Waals surface area contributed by atoms with Crippen LogP contribution in [0.2, 0.25) is 5.02 Å². The molecule has 3 aromatic rings. The molecule has 0 bridgehead atoms. The number of aromatic nitrogens is 2. The summed E-state index contributed by atoms with van der Waals surface area (Å²) >= 11 is 6.51. The third-order valence-electron chi connectivity index (χ3n) is 4.48. The van der Waals surface area contributed by atoms with Crippen LogP contribution in [0.4, 0.5) is 5.82 Å². The van der Waals surface area contributed by atoms with Crippen LogP contribution in [0.3, 0.4) is 0 Å². The lowest BCUT2D eigenvalue weighted by Gasteiger charge is -2.12. The number of rotatable bonds is 6. The number of anilines is 1. The maximum absolute atomic E-state index is 12.2. The third-order valence-corrected chi connectivity index (χ3v) is 4.79. The van der Waals surface area contributed by atoms with Crippen LogP contribution in [0.25, 0.3) is 22.0 Å². The first kappa shape index (κ1) is 17.6. The quantitative estimate of drug-likeness (QED) is 0.561. The number of aromatic amines is 1. The van der Waals surface area contributed by atoms with Gasteiger partial charge in [-0.15, -0.1) is 0 Å². The lowest BCUT2D eigenvalue weighted by atomic mass is 10.0. The average molecular weight is 387 g/mol. The highest BCUT2D eigenvalue weighted by Gasteiger charge is 2.22. The van der Waals surface area contributed by atoms with E-state index in [-0.39, 0.29) is 5.91 Å². The van der Waals surface area contributed by atoms with Gasteiger partial charge < -0.3 is 15.0 Å². The van der Waals surface area contributed by atoms with Gasteiger partial charge in [0.15, 0.2) is 0 Å². The average Bonchev–Trinajstić information content (AvgIpc) is 3.38. The molecule has 2 aromatic heterocycles. The van der Waals surface area contributed by atoms with Crippen LogP contribution in [-0.2, 0) is 4.84 Å². The highest BCUT2D eigenvalue weighted by molar-refractivity contribution is 6.34. The number of hydrogen-bond donors (Lipinski definition) is 3. The van der Waals surface area contributed by atoms with Gasteiger partial charge >= 0.3 is 0 Å². The minimum atomic E-state index is -0.342. The Kier molecular flexibility index (Phi) is 4.63. The summed E-state index contributed by atoms with van der Waals surface area (Å²) in [5.41, 5.74) is 5.03. The van der Waals surface area contributed by atoms with E-state index in [1.165, 1.54) is 7.11 Å². The van der Waals surface area contributed by atoms with E-state index in [4.69, 9.17) is 21.2 Å². The van der Waals surface area contributed by atoms with Crippen LogP contribution >= 0.6 is 11.6 Å². The number of carbonyl (C=O) groups excluding carboxylic acids is 1. The molecule has 0 radical (unpaired) electrons. The molecule has 4 rings (SSSR count). The summed E-state index contributed by atoms with van der Waals surface area (Å²) < 4.78 is 5.49. The van der Waals surface area contributed by atoms with Crippen LogP contribution in [-0.4, -0.2) is 36.1 Å². The molecule has 1 aliphatic carbocycles. The Morgan fingerprint density at radius 1 is 1.26 bits per heavy atom. The van der Waals surface area contributed by atoms with Gasteiger partial charge in [0.1, 0.15) is 5.82 Å². The molecule has 1 aromatic carbocycles. The number of fused-ring (bicyclic) bond motifs is 1. The molecule has 1 fully saturated rings. The van der Waals surface area contributed by atoms with E-state index in [2.05, 4.69) is 20.8 Å². The number of benzene rings is 1. The molecule has 1 amide bonds. The number of nitrogens with zero attached hydrogens (tertiary/aromatic N) is 1. The summed E-state index contributed by atoms with van der Waals surface area (Å²) in [6.45, 7) is 0. The highest BCUT2D eigenvalue weighted by atomic mass is 35.5. The standard InChI is InChI=1S/C19H19ClN4O3/c1-26-19-11(5-6-17(23-19)22-10-3-4-10)12-7-13-14(18(25)24-27-2)9-21-16(13)8-15(12)20/h5-10,21H,3-4H2,1-2H3,(H,22,23)(H,24,25). The highest BCUT2D eigenvalue weighted by Crippen LogP contribution is 2.38. The monoisotopic (exact) mass is 386 g/mol. The normalized spacial score (nSPS) is 13.6. The number of H-pyrrole nitrogens is 1. The summed E-state index contributed by atoms with van der Waals surface area (Å²) in [5, 5.41) is 4.61. The van der Waals surface area contributed by atoms with Gasteiger partial charge in [-0.25, -0.2) is 5.48 Å². The van der Waals surface area contributed by atoms with Crippen LogP contribution in [0.5, 0.6) is 5.88 Å². The minimum absolute atomic E-state index is 0.342. The number of methoxy groups -OCH3 is 1. The molecule has 140 valence electrons. The first-order chi connectivity index (χ1) is 13.1. The molecule has 8 heteroatoms. The smallest absolute Gasteiger partial charge is 0.276 e. The maximum Gasteiger partial charge on any atom is 0.276 e. The summed E-state index contributed by atoms with van der Waals surface area (Å²) in [7, 11) is 2.97. The molecule has 1 aliphatic rings. The van der Waals surface area contributed by atoms with Crippen molar-refractivity contribution in [2.75, 3.05) is 19.5 Å². The fraction of sp³-hybridized carbons (Fsp3) is 0.263. The second-order valence-corrected chi connectivity index (χ2v) is 6.79. The SMILES string of the molecule is CONC(=O)c1c[nH]c2cc(Cl)c(-c3ccc(NC4CC4)nc3OC)cc12. The zero-order valence-corrected chi connectivity index (χ0v) is 15.7. The predicted octanol–water partition coefficient (Wildman–Crippen LogP) is 3.76. The number of carbonyl (C=O) groups is 1. The van der Waals surface area contributed by atoms with Gasteiger partial charge in [-0.3, -0.25) is 9.63 Å². The van der Waals surface area contributed by atoms with Crippen LogP contribution in [0, 0.1) is 0 Å². The van der Waals surface area contributed by atoms with Gasteiger partial charge in [-0.1, -0.05) is 11.6 Å². The van der Waals surface area contributed by atoms with Crippen molar-refractivity contribution in [3.63, 3.8) is 0 Å². The Morgan fingerprint density at radius 3 is 2.78 bits per heavy atom. The topological polar surface area (TPSA) is 88.3 Å². The number of halogens is 1. The number of pyridine rings is 1. The molecule has 27 heavy (non-hydrogen) atoms. The van der Waals surface area contributed by atoms with E-state index in [1.54, 1.807) is 19.4 Å². The summed E-state index contributed by atoms with van der Waals surface area (Å²) in [5.74, 6) is 0.906. The number of hydroxylamine groups is 1. The lowest BCUT2D eigenvalue weighted by Crippen LogP contribution is -2.21. The zero-order valence-electron chi connectivity index (χ0n) is 14.9. The fourth-order valence-corrected chi connectivity index (χ4v) is 3.27. The van der Waals surface area contributed by atoms with Crippen molar-refractivity contribution in [2.24, 2.45) is 0 Å². The molecule has 3 N–H and O–H groups in total. The molecular formula is C19H19ClN4O3. The van der Waals surface area contributed by atoms with Gasteiger partial charge in [-0.05, 0) is 37.1 Å². The maximum atomic E-state index is 12.2. The van der Waals surface area contributed by atoms with Gasteiger partial charge in [0.05, 0.1) is 24.8 Å². The number of amides is 1. The lowest BCUT2D eigenvalue weighted by molar-refractivity contribution is 0.0539. The van der Waals surface area contributed by atoms with Crippen molar-refractivity contribution in [3.05, 3.63) is 41.0 Å². The van der Waals surface area contributed by atoms with E-state index < -0.39 is 0 Å². The molecule has 0 aliphatic heterocycles. The van der Waals surface area contributed by atoms with Crippen molar-refractivity contribution < 1.29 is 14.4 Å². The fourth-order valence-electron chi connectivity index (χ4n) is 3.00. The van der Waals surface area contributed by atoms with Gasteiger partial charge in [-0.2, -0.15) is 4.98 Å². The first-order valence-electron chi connectivity index (χ1n) is 8.56. The number of nitrogens with one attached hydrogen (secondary N) is 3. The minimum Gasteiger partial charge on any atom is -0.480 e. The van der Waals surface area contributed by atoms with E-state index in [0.717, 1.165) is 40.7 Å². The molecule has 7 nitrogen and oxygen atoms in total. The Morgan fingerprint density at radius 2 is 2.07 bits per heavy atom. The van der Waals surface area contributed by atoms with Crippen LogP contribution in [0.15, 0.2) is 30.5 Å². The summed E-state index contributed by atoms with van der Waals surface area (Å²) in [6.07, 6.45) is 3.94. The van der Waals surface area contributed by atoms with Gasteiger partial charge in [0.2, 0.25) is 5.88 Å². The Labute approximate surface area is 161 Å². The number of ether oxygens (including phenoxy) is 1. The van der Waals surface area contributed by atoms with Crippen molar-refractivity contribution in [2.45, 2.75) is 18.9 Å². The summed E-state index contributed by atoms with van der Waals surface area (Å²) in [6, 6.07) is 7.96. The molecule has 1 saturated carbocycles. The van der Waals surface area contributed by atoms with Gasteiger partial charge in [0.25, 0.3) is 5.91 Å². The molecule has 0 spiro atoms. The largest absolute Gasteiger partial charge is 0.480 e. The second kappa shape index (κ2) is 7.09. The molecule has 2 heterocycles. The zero-order chi connectivity index (χ0) is 19.0. The summed E-state index contributed by atoms with van der Waals surface area (Å²) in [4.78, 5) is 24.5. The third kappa shape index (κ3) is 3.43. The van der Waals surface area contributed by atoms with Crippen molar-refractivity contribution in [1.29, 1.82) is 0 Å². The van der Waals surface area contributed by atoms with E-state index in [1.807, 2.05) is 18.2 Å². The van der Waals surface area contributed by atoms with Gasteiger partial charge in [0, 0.05) is 34.3 Å². The second-order valence-electron chi connectivity index (χ2n) is 6.39. The molecular weight excluding hydrogens is 368 g/mol. The Bertz CT molecular complexity index is 1010. The Hall–Kier alpha value is -2.77. The predicted molar refractivity (Wildman–Crippen MR) is 104 cm³/mol. The molecule has 0 unspecified atom stereocenters.